The molecule has 1 N–H and O–H groups in total. The fraction of sp³-hybridized carbons (Fsp3) is 0.125. The van der Waals surface area contributed by atoms with E-state index in [1.165, 1.54) is 19.1 Å². The predicted octanol–water partition coefficient (Wildman–Crippen LogP) is 4.18. The van der Waals surface area contributed by atoms with Crippen LogP contribution in [0.3, 0.4) is 0 Å². The summed E-state index contributed by atoms with van der Waals surface area (Å²) in [6.45, 7) is 1.49. The number of amides is 1. The van der Waals surface area contributed by atoms with Gasteiger partial charge < -0.3 is 14.8 Å². The molecule has 3 rings (SSSR count). The number of rotatable bonds is 3. The molecule has 7 heteroatoms. The Morgan fingerprint density at radius 2 is 1.74 bits per heavy atom. The summed E-state index contributed by atoms with van der Waals surface area (Å²) in [6, 6.07) is 7.65. The second kappa shape index (κ2) is 6.10. The highest BCUT2D eigenvalue weighted by atomic mass is 35.5. The van der Waals surface area contributed by atoms with Crippen molar-refractivity contribution in [2.75, 3.05) is 12.1 Å². The molecule has 0 radical (unpaired) electrons. The Kier molecular flexibility index (Phi) is 4.15. The van der Waals surface area contributed by atoms with Crippen LogP contribution in [0.15, 0.2) is 30.3 Å². The highest BCUT2D eigenvalue weighted by Crippen LogP contribution is 2.37. The zero-order chi connectivity index (χ0) is 16.6. The SMILES string of the molecule is CC(=O)c1cc2c(cc1NC(=O)c1ccc(Cl)c(Cl)c1)OCO2. The lowest BCUT2D eigenvalue weighted by Gasteiger charge is -2.11. The van der Waals surface area contributed by atoms with Gasteiger partial charge in [-0.2, -0.15) is 0 Å². The largest absolute Gasteiger partial charge is 0.454 e. The Bertz CT molecular complexity index is 820. The smallest absolute Gasteiger partial charge is 0.255 e. The van der Waals surface area contributed by atoms with Crippen LogP contribution >= 0.6 is 23.2 Å². The molecule has 0 spiro atoms. The molecule has 1 heterocycles. The predicted molar refractivity (Wildman–Crippen MR) is 87.0 cm³/mol. The Morgan fingerprint density at radius 3 is 2.39 bits per heavy atom. The Hall–Kier alpha value is -2.24. The van der Waals surface area contributed by atoms with E-state index in [1.807, 2.05) is 0 Å². The van der Waals surface area contributed by atoms with Crippen LogP contribution in [-0.2, 0) is 0 Å². The van der Waals surface area contributed by atoms with Crippen molar-refractivity contribution in [2.45, 2.75) is 6.92 Å². The average Bonchev–Trinajstić information content (AvgIpc) is 2.96. The van der Waals surface area contributed by atoms with Crippen LogP contribution in [-0.4, -0.2) is 18.5 Å². The summed E-state index contributed by atoms with van der Waals surface area (Å²) in [6.07, 6.45) is 0. The van der Waals surface area contributed by atoms with Crippen LogP contribution in [0.4, 0.5) is 5.69 Å². The van der Waals surface area contributed by atoms with Gasteiger partial charge in [-0.15, -0.1) is 0 Å². The van der Waals surface area contributed by atoms with E-state index in [9.17, 15) is 9.59 Å². The van der Waals surface area contributed by atoms with Crippen molar-refractivity contribution < 1.29 is 19.1 Å². The molecule has 0 atom stereocenters. The van der Waals surface area contributed by atoms with E-state index < -0.39 is 5.91 Å². The van der Waals surface area contributed by atoms with Crippen LogP contribution in [0.5, 0.6) is 11.5 Å². The second-order valence-corrected chi connectivity index (χ2v) is 5.70. The van der Waals surface area contributed by atoms with Crippen molar-refractivity contribution in [3.8, 4) is 11.5 Å². The van der Waals surface area contributed by atoms with Gasteiger partial charge in [-0.1, -0.05) is 23.2 Å². The van der Waals surface area contributed by atoms with Crippen molar-refractivity contribution >= 4 is 40.6 Å². The normalized spacial score (nSPS) is 12.1. The molecule has 0 saturated carbocycles. The molecule has 2 aromatic carbocycles. The van der Waals surface area contributed by atoms with Crippen molar-refractivity contribution in [2.24, 2.45) is 0 Å². The summed E-state index contributed by atoms with van der Waals surface area (Å²) in [5.41, 5.74) is 1.01. The number of hydrogen-bond acceptors (Lipinski definition) is 4. The van der Waals surface area contributed by atoms with Gasteiger partial charge in [-0.25, -0.2) is 0 Å². The average molecular weight is 352 g/mol. The van der Waals surface area contributed by atoms with Gasteiger partial charge in [-0.3, -0.25) is 9.59 Å². The number of anilines is 1. The molecule has 1 aliphatic heterocycles. The minimum atomic E-state index is -0.412. The second-order valence-electron chi connectivity index (χ2n) is 4.89. The van der Waals surface area contributed by atoms with E-state index in [2.05, 4.69) is 5.32 Å². The first-order chi connectivity index (χ1) is 11.0. The first-order valence-electron chi connectivity index (χ1n) is 6.66. The Labute approximate surface area is 142 Å². The van der Waals surface area contributed by atoms with E-state index in [0.717, 1.165) is 0 Å². The molecular formula is C16H11Cl2NO4. The number of halogens is 2. The van der Waals surface area contributed by atoms with Gasteiger partial charge >= 0.3 is 0 Å². The fourth-order valence-corrected chi connectivity index (χ4v) is 2.47. The molecule has 23 heavy (non-hydrogen) atoms. The number of ketones is 1. The number of nitrogens with one attached hydrogen (secondary N) is 1. The number of hydrogen-bond donors (Lipinski definition) is 1. The number of fused-ring (bicyclic) bond motifs is 1. The number of carbonyl (C=O) groups is 2. The summed E-state index contributed by atoms with van der Waals surface area (Å²) in [7, 11) is 0. The molecule has 0 aromatic heterocycles. The molecule has 0 aliphatic carbocycles. The van der Waals surface area contributed by atoms with Crippen LogP contribution < -0.4 is 14.8 Å². The summed E-state index contributed by atoms with van der Waals surface area (Å²) in [5, 5.41) is 3.32. The molecule has 0 bridgehead atoms. The first-order valence-corrected chi connectivity index (χ1v) is 7.42. The minimum Gasteiger partial charge on any atom is -0.454 e. The van der Waals surface area contributed by atoms with Crippen LogP contribution in [0.25, 0.3) is 0 Å². The molecule has 2 aromatic rings. The summed E-state index contributed by atoms with van der Waals surface area (Å²) < 4.78 is 10.5. The van der Waals surface area contributed by atoms with Crippen molar-refractivity contribution in [3.05, 3.63) is 51.5 Å². The van der Waals surface area contributed by atoms with Crippen molar-refractivity contribution in [1.82, 2.24) is 0 Å². The fourth-order valence-electron chi connectivity index (χ4n) is 2.17. The lowest BCUT2D eigenvalue weighted by molar-refractivity contribution is 0.101. The van der Waals surface area contributed by atoms with Gasteiger partial charge in [0.05, 0.1) is 15.7 Å². The highest BCUT2D eigenvalue weighted by Gasteiger charge is 2.21. The maximum atomic E-state index is 12.4. The van der Waals surface area contributed by atoms with Gasteiger partial charge in [0.2, 0.25) is 6.79 Å². The molecular weight excluding hydrogens is 341 g/mol. The molecule has 0 unspecified atom stereocenters. The van der Waals surface area contributed by atoms with E-state index in [0.29, 0.717) is 33.3 Å². The first kappa shape index (κ1) is 15.6. The lowest BCUT2D eigenvalue weighted by Crippen LogP contribution is -2.14. The monoisotopic (exact) mass is 351 g/mol. The van der Waals surface area contributed by atoms with Gasteiger partial charge in [0, 0.05) is 17.2 Å². The Balaban J connectivity index is 1.94. The molecule has 0 saturated heterocycles. The maximum absolute atomic E-state index is 12.4. The third-order valence-electron chi connectivity index (χ3n) is 3.32. The minimum absolute atomic E-state index is 0.0802. The van der Waals surface area contributed by atoms with E-state index in [1.54, 1.807) is 18.2 Å². The highest BCUT2D eigenvalue weighted by molar-refractivity contribution is 6.42. The van der Waals surface area contributed by atoms with Gasteiger partial charge in [0.1, 0.15) is 0 Å². The van der Waals surface area contributed by atoms with E-state index >= 15 is 0 Å². The lowest BCUT2D eigenvalue weighted by atomic mass is 10.1. The third-order valence-corrected chi connectivity index (χ3v) is 4.06. The van der Waals surface area contributed by atoms with E-state index in [-0.39, 0.29) is 17.6 Å². The number of carbonyl (C=O) groups excluding carboxylic acids is 2. The quantitative estimate of drug-likeness (QED) is 0.842. The number of benzene rings is 2. The molecule has 118 valence electrons. The molecule has 1 amide bonds. The van der Waals surface area contributed by atoms with Gasteiger partial charge in [0.15, 0.2) is 17.3 Å². The van der Waals surface area contributed by atoms with Gasteiger partial charge in [-0.05, 0) is 31.2 Å². The zero-order valence-electron chi connectivity index (χ0n) is 12.0. The van der Waals surface area contributed by atoms with Crippen LogP contribution in [0.2, 0.25) is 10.0 Å². The standard InChI is InChI=1S/C16H11Cl2NO4/c1-8(20)10-5-14-15(23-7-22-14)6-13(10)19-16(21)9-2-3-11(17)12(18)4-9/h2-6H,7H2,1H3,(H,19,21). The van der Waals surface area contributed by atoms with Gasteiger partial charge in [0.25, 0.3) is 5.91 Å². The van der Waals surface area contributed by atoms with Crippen LogP contribution in [0.1, 0.15) is 27.6 Å². The summed E-state index contributed by atoms with van der Waals surface area (Å²) >= 11 is 11.8. The zero-order valence-corrected chi connectivity index (χ0v) is 13.5. The summed E-state index contributed by atoms with van der Waals surface area (Å²) in [4.78, 5) is 24.2. The molecule has 5 nitrogen and oxygen atoms in total. The number of Topliss-reactive ketones (excluding diaryl/α,β-unsaturated/α-hetero) is 1. The van der Waals surface area contributed by atoms with Crippen molar-refractivity contribution in [3.63, 3.8) is 0 Å². The van der Waals surface area contributed by atoms with Crippen molar-refractivity contribution in [1.29, 1.82) is 0 Å². The third kappa shape index (κ3) is 3.11. The van der Waals surface area contributed by atoms with E-state index in [4.69, 9.17) is 32.7 Å². The topological polar surface area (TPSA) is 64.6 Å². The Morgan fingerprint density at radius 1 is 1.04 bits per heavy atom. The summed E-state index contributed by atoms with van der Waals surface area (Å²) in [5.74, 6) is 0.333. The maximum Gasteiger partial charge on any atom is 0.255 e. The molecule has 0 fully saturated rings. The number of ether oxygens (including phenoxy) is 2. The molecule has 1 aliphatic rings. The van der Waals surface area contributed by atoms with Crippen LogP contribution in [0, 0.1) is 0 Å².